The van der Waals surface area contributed by atoms with Crippen LogP contribution in [0.25, 0.3) is 11.3 Å². The lowest BCUT2D eigenvalue weighted by atomic mass is 10.2. The van der Waals surface area contributed by atoms with Crippen molar-refractivity contribution in [3.05, 3.63) is 91.4 Å². The maximum atomic E-state index is 12.1. The van der Waals surface area contributed by atoms with Crippen molar-refractivity contribution in [3.8, 4) is 0 Å². The van der Waals surface area contributed by atoms with Crippen LogP contribution in [-0.4, -0.2) is 91.6 Å². The Morgan fingerprint density at radius 2 is 1.21 bits per heavy atom. The zero-order valence-electron chi connectivity index (χ0n) is 33.4. The zero-order valence-corrected chi connectivity index (χ0v) is 33.4. The number of nitrogens with zero attached hydrogens (tertiary/aromatic N) is 5. The normalized spacial score (nSPS) is 15.7. The van der Waals surface area contributed by atoms with Gasteiger partial charge in [-0.15, -0.1) is 0 Å². The molecule has 4 N–H and O–H groups in total. The van der Waals surface area contributed by atoms with Crippen LogP contribution in [0.5, 0.6) is 0 Å². The van der Waals surface area contributed by atoms with Gasteiger partial charge >= 0.3 is 17.9 Å². The van der Waals surface area contributed by atoms with Gasteiger partial charge in [0.15, 0.2) is 17.1 Å². The van der Waals surface area contributed by atoms with E-state index in [1.165, 1.54) is 46.9 Å². The molecule has 3 fully saturated rings. The number of fused-ring (bicyclic) bond motifs is 2. The van der Waals surface area contributed by atoms with E-state index in [4.69, 9.17) is 19.9 Å². The van der Waals surface area contributed by atoms with Gasteiger partial charge in [0.05, 0.1) is 33.0 Å². The molecule has 0 spiro atoms. The van der Waals surface area contributed by atoms with Crippen LogP contribution in [0, 0.1) is 5.92 Å². The molecule has 4 aromatic rings. The molecule has 0 atom stereocenters. The second-order valence-electron chi connectivity index (χ2n) is 13.8. The number of carbonyl (C=O) groups excluding carboxylic acids is 4. The van der Waals surface area contributed by atoms with Gasteiger partial charge in [0, 0.05) is 65.1 Å². The fourth-order valence-electron chi connectivity index (χ4n) is 5.60. The highest BCUT2D eigenvalue weighted by Gasteiger charge is 2.29. The van der Waals surface area contributed by atoms with Crippen LogP contribution >= 0.6 is 0 Å². The van der Waals surface area contributed by atoms with Gasteiger partial charge in [-0.05, 0) is 79.2 Å². The number of aromatic nitrogens is 6. The Hall–Kier alpha value is -6.33. The van der Waals surface area contributed by atoms with Crippen molar-refractivity contribution in [2.24, 2.45) is 16.6 Å². The quantitative estimate of drug-likeness (QED) is 0.0460. The van der Waals surface area contributed by atoms with Crippen molar-refractivity contribution in [2.45, 2.75) is 85.0 Å². The summed E-state index contributed by atoms with van der Waals surface area (Å²) in [6.07, 6.45) is 12.9. The lowest BCUT2D eigenvalue weighted by Crippen LogP contribution is -2.24. The smallest absolute Gasteiger partial charge is 0.345 e. The number of carbonyl (C=O) groups is 4. The number of hydrogen-bond acceptors (Lipinski definition) is 14. The van der Waals surface area contributed by atoms with Crippen molar-refractivity contribution in [2.75, 3.05) is 33.0 Å². The molecule has 4 aromatic heterocycles. The number of ketones is 1. The van der Waals surface area contributed by atoms with Gasteiger partial charge in [0.2, 0.25) is 0 Å². The topological polar surface area (TPSA) is 244 Å². The third-order valence-corrected chi connectivity index (χ3v) is 9.07. The van der Waals surface area contributed by atoms with Gasteiger partial charge < -0.3 is 24.7 Å². The van der Waals surface area contributed by atoms with E-state index in [-0.39, 0.29) is 42.3 Å². The van der Waals surface area contributed by atoms with Gasteiger partial charge in [0.25, 0.3) is 11.1 Å². The molecule has 4 aliphatic rings. The predicted molar refractivity (Wildman–Crippen MR) is 212 cm³/mol. The maximum Gasteiger partial charge on any atom is 0.345 e. The second-order valence-corrected chi connectivity index (χ2v) is 13.8. The molecule has 18 nitrogen and oxygen atoms in total. The number of nitrogens with two attached hydrogens (primary N) is 1. The minimum Gasteiger partial charge on any atom is -0.500 e. The minimum atomic E-state index is -0.636. The molecule has 310 valence electrons. The molecule has 0 amide bonds. The number of allylic oxidation sites excluding steroid dienone is 1. The highest BCUT2D eigenvalue weighted by Crippen LogP contribution is 2.40. The molecule has 3 saturated carbocycles. The summed E-state index contributed by atoms with van der Waals surface area (Å²) >= 11 is 0. The van der Waals surface area contributed by atoms with E-state index in [1.54, 1.807) is 27.7 Å². The Balaban J connectivity index is 0.000000152. The molecule has 0 aromatic carbocycles. The van der Waals surface area contributed by atoms with Gasteiger partial charge in [-0.1, -0.05) is 0 Å². The second kappa shape index (κ2) is 19.7. The molecule has 3 aliphatic carbocycles. The van der Waals surface area contributed by atoms with Gasteiger partial charge in [0.1, 0.15) is 23.0 Å². The number of H-pyrrole nitrogens is 2. The number of ether oxygens (including phenoxy) is 4. The monoisotopic (exact) mass is 802 g/mol. The summed E-state index contributed by atoms with van der Waals surface area (Å²) in [6, 6.07) is 3.71. The number of esters is 3. The number of nitrogens with one attached hydrogen (secondary N) is 2. The van der Waals surface area contributed by atoms with E-state index in [2.05, 4.69) is 29.9 Å². The Kier molecular flexibility index (Phi) is 14.5. The van der Waals surface area contributed by atoms with Crippen molar-refractivity contribution in [1.82, 2.24) is 29.2 Å². The Morgan fingerprint density at radius 1 is 0.741 bits per heavy atom. The van der Waals surface area contributed by atoms with Crippen LogP contribution in [0.3, 0.4) is 0 Å². The number of Topliss-reactive ketones (excluding diaryl/α,β-unsaturated/α-hetero) is 1. The van der Waals surface area contributed by atoms with E-state index < -0.39 is 29.0 Å². The fourth-order valence-corrected chi connectivity index (χ4v) is 5.60. The first kappa shape index (κ1) is 42.8. The van der Waals surface area contributed by atoms with Crippen LogP contribution in [0.4, 0.5) is 0 Å². The van der Waals surface area contributed by atoms with Crippen molar-refractivity contribution in [3.63, 3.8) is 0 Å². The minimum absolute atomic E-state index is 0.0430. The molecule has 18 heteroatoms. The van der Waals surface area contributed by atoms with Gasteiger partial charge in [-0.25, -0.2) is 33.4 Å². The molecule has 5 heterocycles. The summed E-state index contributed by atoms with van der Waals surface area (Å²) < 4.78 is 21.7. The molecular formula is C40H50N8O10. The number of aromatic amines is 2. The molecule has 0 radical (unpaired) electrons. The molecule has 58 heavy (non-hydrogen) atoms. The third kappa shape index (κ3) is 11.2. The Labute approximate surface area is 333 Å². The van der Waals surface area contributed by atoms with Crippen molar-refractivity contribution in [1.29, 1.82) is 0 Å². The molecule has 0 unspecified atom stereocenters. The summed E-state index contributed by atoms with van der Waals surface area (Å²) in [5.74, 6) is -0.491. The number of rotatable bonds is 12. The maximum absolute atomic E-state index is 12.1. The average molecular weight is 803 g/mol. The standard InChI is InChI=1S/2C12H13N3O3.C9H14O4.C7H10N2/c2*1-2-18-12(17)8-6-13-10-5-9(7-3-4-7)14-15(10)11(8)16;1-4-12-6-8(7(3)10)9(11)13-5-2;8-6-3-7(9-4-6)5-1-2-5/h2*5-7,14H,2-4H2,1H3;6H,4-5H2,1-3H3;3,5H,1-2,4,8H2/b;;8-6-;. The largest absolute Gasteiger partial charge is 0.500 e. The third-order valence-electron chi connectivity index (χ3n) is 9.07. The first-order valence-electron chi connectivity index (χ1n) is 19.5. The number of hydrogen-bond donors (Lipinski definition) is 3. The first-order valence-corrected chi connectivity index (χ1v) is 19.5. The summed E-state index contributed by atoms with van der Waals surface area (Å²) in [5.41, 5.74) is 9.82. The van der Waals surface area contributed by atoms with Gasteiger partial charge in [-0.3, -0.25) is 29.6 Å². The van der Waals surface area contributed by atoms with Gasteiger partial charge in [-0.2, -0.15) is 0 Å². The first-order chi connectivity index (χ1) is 27.9. The summed E-state index contributed by atoms with van der Waals surface area (Å²) in [7, 11) is 0. The number of aliphatic imine (C=N–C) groups is 1. The van der Waals surface area contributed by atoms with Crippen LogP contribution in [-0.2, 0) is 28.5 Å². The summed E-state index contributed by atoms with van der Waals surface area (Å²) in [6.45, 7) is 10.00. The predicted octanol–water partition coefficient (Wildman–Crippen LogP) is 3.91. The average Bonchev–Trinajstić information content (AvgIpc) is 4.15. The van der Waals surface area contributed by atoms with E-state index >= 15 is 0 Å². The van der Waals surface area contributed by atoms with Crippen LogP contribution in [0.15, 0.2) is 62.7 Å². The Bertz CT molecular complexity index is 2240. The van der Waals surface area contributed by atoms with E-state index in [1.807, 2.05) is 18.2 Å². The van der Waals surface area contributed by atoms with Crippen LogP contribution in [0.2, 0.25) is 0 Å². The molecule has 1 aliphatic heterocycles. The van der Waals surface area contributed by atoms with Crippen molar-refractivity contribution < 1.29 is 38.1 Å². The zero-order chi connectivity index (χ0) is 41.9. The molecule has 8 rings (SSSR count). The summed E-state index contributed by atoms with van der Waals surface area (Å²) in [4.78, 5) is 81.8. The highest BCUT2D eigenvalue weighted by atomic mass is 16.5. The molecule has 0 saturated heterocycles. The Morgan fingerprint density at radius 3 is 1.57 bits per heavy atom. The lowest BCUT2D eigenvalue weighted by molar-refractivity contribution is -0.140. The fraction of sp³-hybridized carbons (Fsp3) is 0.475. The van der Waals surface area contributed by atoms with E-state index in [9.17, 15) is 28.8 Å². The van der Waals surface area contributed by atoms with E-state index in [0.29, 0.717) is 29.7 Å². The van der Waals surface area contributed by atoms with Crippen LogP contribution in [0.1, 0.15) is 117 Å². The van der Waals surface area contributed by atoms with Crippen LogP contribution < -0.4 is 16.9 Å². The molecule has 0 bridgehead atoms. The summed E-state index contributed by atoms with van der Waals surface area (Å²) in [5, 5.41) is 5.99. The highest BCUT2D eigenvalue weighted by molar-refractivity contribution is 6.16. The van der Waals surface area contributed by atoms with Crippen molar-refractivity contribution >= 4 is 40.7 Å². The van der Waals surface area contributed by atoms with E-state index in [0.717, 1.165) is 61.5 Å². The molecular weight excluding hydrogens is 752 g/mol. The lowest BCUT2D eigenvalue weighted by Gasteiger charge is -2.03. The SMILES string of the molecule is CCO/C=C(/C(C)=O)C(=O)OCC.CCOC(=O)c1cnc2cc(C3CC3)[nH]n2c1=O.CCOC(=O)c1cnc2cc(C3CC3)[nH]n2c1=O.NC1=CC(C2CC2)=NC1.